The first-order valence-electron chi connectivity index (χ1n) is 4.59. The summed E-state index contributed by atoms with van der Waals surface area (Å²) in [4.78, 5) is 1.32. The number of thiophene rings is 1. The van der Waals surface area contributed by atoms with Crippen molar-refractivity contribution in [1.82, 2.24) is 0 Å². The molecular weight excluding hydrogens is 190 g/mol. The lowest BCUT2D eigenvalue weighted by Crippen LogP contribution is -1.92. The number of aryl methyl sites for hydroxylation is 2. The van der Waals surface area contributed by atoms with E-state index in [0.29, 0.717) is 0 Å². The van der Waals surface area contributed by atoms with E-state index in [-0.39, 0.29) is 0 Å². The molecule has 0 aliphatic heterocycles. The topological polar surface area (TPSA) is 26.0 Å². The van der Waals surface area contributed by atoms with Crippen LogP contribution in [0, 0.1) is 13.8 Å². The molecular formula is C12H13NS. The van der Waals surface area contributed by atoms with E-state index in [9.17, 15) is 0 Å². The van der Waals surface area contributed by atoms with E-state index in [0.717, 1.165) is 16.8 Å². The average molecular weight is 203 g/mol. The minimum Gasteiger partial charge on any atom is -0.398 e. The zero-order valence-corrected chi connectivity index (χ0v) is 9.19. The van der Waals surface area contributed by atoms with Gasteiger partial charge in [-0.1, -0.05) is 18.2 Å². The van der Waals surface area contributed by atoms with Crippen LogP contribution in [0.3, 0.4) is 0 Å². The number of rotatable bonds is 1. The highest BCUT2D eigenvalue weighted by atomic mass is 32.1. The van der Waals surface area contributed by atoms with Crippen LogP contribution in [0.15, 0.2) is 29.6 Å². The molecule has 0 fully saturated rings. The van der Waals surface area contributed by atoms with E-state index in [1.807, 2.05) is 13.0 Å². The van der Waals surface area contributed by atoms with Crippen molar-refractivity contribution in [2.45, 2.75) is 13.8 Å². The lowest BCUT2D eigenvalue weighted by atomic mass is 10.0. The molecule has 0 aliphatic carbocycles. The Morgan fingerprint density at radius 2 is 1.86 bits per heavy atom. The number of nitrogen functional groups attached to an aromatic ring is 1. The highest BCUT2D eigenvalue weighted by Gasteiger charge is 2.07. The second kappa shape index (κ2) is 3.46. The predicted octanol–water partition coefficient (Wildman–Crippen LogP) is 3.61. The Balaban J connectivity index is 2.63. The van der Waals surface area contributed by atoms with E-state index in [4.69, 9.17) is 5.73 Å². The van der Waals surface area contributed by atoms with Crippen LogP contribution in [0.1, 0.15) is 10.4 Å². The molecule has 0 saturated heterocycles. The molecule has 0 atom stereocenters. The molecule has 2 rings (SSSR count). The highest BCUT2D eigenvalue weighted by Crippen LogP contribution is 2.32. The van der Waals surface area contributed by atoms with Crippen LogP contribution >= 0.6 is 11.3 Å². The van der Waals surface area contributed by atoms with Crippen LogP contribution in [0.25, 0.3) is 11.1 Å². The van der Waals surface area contributed by atoms with Crippen molar-refractivity contribution in [3.8, 4) is 11.1 Å². The number of para-hydroxylation sites is 1. The van der Waals surface area contributed by atoms with Gasteiger partial charge in [0, 0.05) is 16.1 Å². The van der Waals surface area contributed by atoms with Crippen molar-refractivity contribution in [1.29, 1.82) is 0 Å². The Morgan fingerprint density at radius 1 is 1.07 bits per heavy atom. The maximum absolute atomic E-state index is 6.05. The molecule has 1 heterocycles. The van der Waals surface area contributed by atoms with Crippen molar-refractivity contribution in [2.24, 2.45) is 0 Å². The summed E-state index contributed by atoms with van der Waals surface area (Å²) in [6, 6.07) is 8.31. The fourth-order valence-electron chi connectivity index (χ4n) is 1.58. The molecule has 0 unspecified atom stereocenters. The molecule has 72 valence electrons. The molecule has 1 nitrogen and oxygen atoms in total. The van der Waals surface area contributed by atoms with Gasteiger partial charge < -0.3 is 5.73 Å². The number of anilines is 1. The molecule has 0 amide bonds. The summed E-state index contributed by atoms with van der Waals surface area (Å²) < 4.78 is 0. The van der Waals surface area contributed by atoms with Gasteiger partial charge in [0.15, 0.2) is 0 Å². The molecule has 1 aromatic heterocycles. The SMILES string of the molecule is Cc1cccc(-c2ccsc2C)c1N. The third kappa shape index (κ3) is 1.42. The smallest absolute Gasteiger partial charge is 0.0423 e. The van der Waals surface area contributed by atoms with Gasteiger partial charge in [0.05, 0.1) is 0 Å². The maximum Gasteiger partial charge on any atom is 0.0423 e. The third-order valence-electron chi connectivity index (χ3n) is 2.47. The van der Waals surface area contributed by atoms with E-state index in [1.54, 1.807) is 11.3 Å². The van der Waals surface area contributed by atoms with Gasteiger partial charge in [0.25, 0.3) is 0 Å². The number of nitrogens with two attached hydrogens (primary N) is 1. The molecule has 2 aromatic rings. The first-order valence-corrected chi connectivity index (χ1v) is 5.47. The lowest BCUT2D eigenvalue weighted by Gasteiger charge is -2.07. The number of hydrogen-bond acceptors (Lipinski definition) is 2. The molecule has 0 aliphatic rings. The normalized spacial score (nSPS) is 10.4. The summed E-state index contributed by atoms with van der Waals surface area (Å²) in [7, 11) is 0. The van der Waals surface area contributed by atoms with Crippen molar-refractivity contribution in [3.63, 3.8) is 0 Å². The zero-order valence-electron chi connectivity index (χ0n) is 8.37. The van der Waals surface area contributed by atoms with Gasteiger partial charge in [-0.05, 0) is 36.4 Å². The second-order valence-corrected chi connectivity index (χ2v) is 4.55. The third-order valence-corrected chi connectivity index (χ3v) is 3.32. The van der Waals surface area contributed by atoms with Crippen LogP contribution in [0.4, 0.5) is 5.69 Å². The fourth-order valence-corrected chi connectivity index (χ4v) is 2.29. The summed E-state index contributed by atoms with van der Waals surface area (Å²) in [5.74, 6) is 0. The van der Waals surface area contributed by atoms with Gasteiger partial charge in [-0.15, -0.1) is 11.3 Å². The van der Waals surface area contributed by atoms with E-state index < -0.39 is 0 Å². The Morgan fingerprint density at radius 3 is 2.50 bits per heavy atom. The fraction of sp³-hybridized carbons (Fsp3) is 0.167. The summed E-state index contributed by atoms with van der Waals surface area (Å²) in [5, 5.41) is 2.10. The van der Waals surface area contributed by atoms with Crippen LogP contribution in [0.2, 0.25) is 0 Å². The van der Waals surface area contributed by atoms with Gasteiger partial charge >= 0.3 is 0 Å². The Hall–Kier alpha value is -1.28. The first kappa shape index (κ1) is 9.28. The largest absolute Gasteiger partial charge is 0.398 e. The van der Waals surface area contributed by atoms with E-state index in [1.165, 1.54) is 10.4 Å². The molecule has 2 heteroatoms. The second-order valence-electron chi connectivity index (χ2n) is 3.43. The van der Waals surface area contributed by atoms with Crippen molar-refractivity contribution >= 4 is 17.0 Å². The number of hydrogen-bond donors (Lipinski definition) is 1. The Kier molecular flexibility index (Phi) is 2.30. The van der Waals surface area contributed by atoms with Crippen LogP contribution in [-0.4, -0.2) is 0 Å². The molecule has 0 spiro atoms. The standard InChI is InChI=1S/C12H13NS/c1-8-4-3-5-11(12(8)13)10-6-7-14-9(10)2/h3-7H,13H2,1-2H3. The van der Waals surface area contributed by atoms with Crippen LogP contribution in [-0.2, 0) is 0 Å². The summed E-state index contributed by atoms with van der Waals surface area (Å²) in [5.41, 5.74) is 10.5. The van der Waals surface area contributed by atoms with E-state index in [2.05, 4.69) is 30.5 Å². The molecule has 2 N–H and O–H groups in total. The van der Waals surface area contributed by atoms with Gasteiger partial charge in [-0.3, -0.25) is 0 Å². The van der Waals surface area contributed by atoms with Crippen LogP contribution < -0.4 is 5.73 Å². The monoisotopic (exact) mass is 203 g/mol. The van der Waals surface area contributed by atoms with Crippen molar-refractivity contribution in [2.75, 3.05) is 5.73 Å². The lowest BCUT2D eigenvalue weighted by molar-refractivity contribution is 1.46. The predicted molar refractivity (Wildman–Crippen MR) is 63.6 cm³/mol. The highest BCUT2D eigenvalue weighted by molar-refractivity contribution is 7.10. The molecule has 1 aromatic carbocycles. The summed E-state index contributed by atoms with van der Waals surface area (Å²) in [6.45, 7) is 4.17. The Labute approximate surface area is 88.2 Å². The number of benzene rings is 1. The van der Waals surface area contributed by atoms with Gasteiger partial charge in [0.2, 0.25) is 0 Å². The molecule has 0 bridgehead atoms. The zero-order chi connectivity index (χ0) is 10.1. The first-order chi connectivity index (χ1) is 6.70. The van der Waals surface area contributed by atoms with Crippen molar-refractivity contribution < 1.29 is 0 Å². The van der Waals surface area contributed by atoms with Gasteiger partial charge in [0.1, 0.15) is 0 Å². The summed E-state index contributed by atoms with van der Waals surface area (Å²) in [6.07, 6.45) is 0. The minimum absolute atomic E-state index is 0.897. The summed E-state index contributed by atoms with van der Waals surface area (Å²) >= 11 is 1.76. The molecule has 0 radical (unpaired) electrons. The van der Waals surface area contributed by atoms with Crippen molar-refractivity contribution in [3.05, 3.63) is 40.1 Å². The molecule has 14 heavy (non-hydrogen) atoms. The van der Waals surface area contributed by atoms with E-state index >= 15 is 0 Å². The minimum atomic E-state index is 0.897. The van der Waals surface area contributed by atoms with Gasteiger partial charge in [-0.2, -0.15) is 0 Å². The van der Waals surface area contributed by atoms with Crippen LogP contribution in [0.5, 0.6) is 0 Å². The Bertz CT molecular complexity index is 457. The van der Waals surface area contributed by atoms with Gasteiger partial charge in [-0.25, -0.2) is 0 Å². The maximum atomic E-state index is 6.05. The quantitative estimate of drug-likeness (QED) is 0.704. The molecule has 0 saturated carbocycles. The average Bonchev–Trinajstić information content (AvgIpc) is 2.57.